The Kier molecular flexibility index (Phi) is 7.83. The number of benzene rings is 3. The quantitative estimate of drug-likeness (QED) is 0.231. The lowest BCUT2D eigenvalue weighted by molar-refractivity contribution is 0.0729. The zero-order valence-electron chi connectivity index (χ0n) is 17.5. The minimum Gasteiger partial charge on any atom is -0.493 e. The van der Waals surface area contributed by atoms with Gasteiger partial charge in [-0.25, -0.2) is 10.2 Å². The van der Waals surface area contributed by atoms with E-state index in [2.05, 4.69) is 10.5 Å². The highest BCUT2D eigenvalue weighted by Crippen LogP contribution is 2.29. The summed E-state index contributed by atoms with van der Waals surface area (Å²) in [5, 5.41) is 4.28. The minimum absolute atomic E-state index is 0.226. The number of para-hydroxylation sites is 1. The molecule has 1 N–H and O–H groups in total. The highest BCUT2D eigenvalue weighted by molar-refractivity contribution is 6.33. The van der Waals surface area contributed by atoms with Crippen LogP contribution in [-0.2, 0) is 0 Å². The molecule has 32 heavy (non-hydrogen) atoms. The molecule has 0 aliphatic rings. The Morgan fingerprint density at radius 1 is 0.969 bits per heavy atom. The number of carbonyl (C=O) groups is 2. The van der Waals surface area contributed by atoms with Gasteiger partial charge in [0.15, 0.2) is 11.5 Å². The van der Waals surface area contributed by atoms with E-state index in [1.165, 1.54) is 13.3 Å². The number of hydrogen-bond acceptors (Lipinski definition) is 6. The molecule has 3 aromatic rings. The van der Waals surface area contributed by atoms with Crippen molar-refractivity contribution in [3.8, 4) is 17.2 Å². The summed E-state index contributed by atoms with van der Waals surface area (Å²) in [4.78, 5) is 24.8. The van der Waals surface area contributed by atoms with Gasteiger partial charge in [-0.3, -0.25) is 4.79 Å². The fourth-order valence-corrected chi connectivity index (χ4v) is 3.00. The van der Waals surface area contributed by atoms with E-state index in [1.54, 1.807) is 66.7 Å². The van der Waals surface area contributed by atoms with Crippen molar-refractivity contribution in [3.05, 3.63) is 88.4 Å². The summed E-state index contributed by atoms with van der Waals surface area (Å²) in [6.07, 6.45) is 1.45. The second-order valence-electron chi connectivity index (χ2n) is 6.41. The standard InChI is InChI=1S/C24H21ClN2O5/c1-3-31-20-11-7-5-9-18(20)23(28)27-26-15-16-12-13-21(22(14-16)30-2)32-24(29)17-8-4-6-10-19(17)25/h4-15H,3H2,1-2H3,(H,27,28)/b26-15-. The number of carbonyl (C=O) groups excluding carboxylic acids is 2. The van der Waals surface area contributed by atoms with Crippen molar-refractivity contribution in [2.45, 2.75) is 6.92 Å². The minimum atomic E-state index is -0.601. The second kappa shape index (κ2) is 11.0. The zero-order chi connectivity index (χ0) is 22.9. The second-order valence-corrected chi connectivity index (χ2v) is 6.82. The number of nitrogens with one attached hydrogen (secondary N) is 1. The summed E-state index contributed by atoms with van der Waals surface area (Å²) >= 11 is 6.05. The normalized spacial score (nSPS) is 10.6. The summed E-state index contributed by atoms with van der Waals surface area (Å²) in [6.45, 7) is 2.29. The van der Waals surface area contributed by atoms with E-state index in [9.17, 15) is 9.59 Å². The van der Waals surface area contributed by atoms with Crippen LogP contribution in [0.4, 0.5) is 0 Å². The molecule has 0 saturated carbocycles. The van der Waals surface area contributed by atoms with Crippen LogP contribution in [0.15, 0.2) is 71.8 Å². The molecule has 0 atom stereocenters. The third-order valence-corrected chi connectivity index (χ3v) is 4.62. The van der Waals surface area contributed by atoms with E-state index >= 15 is 0 Å². The van der Waals surface area contributed by atoms with Gasteiger partial charge in [-0.2, -0.15) is 5.10 Å². The SMILES string of the molecule is CCOc1ccccc1C(=O)N/N=C\c1ccc(OC(=O)c2ccccc2Cl)c(OC)c1. The third kappa shape index (κ3) is 5.65. The summed E-state index contributed by atoms with van der Waals surface area (Å²) in [6, 6.07) is 18.4. The highest BCUT2D eigenvalue weighted by atomic mass is 35.5. The van der Waals surface area contributed by atoms with Crippen LogP contribution in [0.1, 0.15) is 33.2 Å². The Balaban J connectivity index is 1.69. The van der Waals surface area contributed by atoms with Gasteiger partial charge < -0.3 is 14.2 Å². The average molecular weight is 453 g/mol. The maximum atomic E-state index is 12.4. The maximum Gasteiger partial charge on any atom is 0.345 e. The first-order chi connectivity index (χ1) is 15.5. The molecule has 0 aliphatic carbocycles. The highest BCUT2D eigenvalue weighted by Gasteiger charge is 2.15. The van der Waals surface area contributed by atoms with Crippen molar-refractivity contribution in [1.29, 1.82) is 0 Å². The molecule has 0 aromatic heterocycles. The molecule has 0 aliphatic heterocycles. The number of methoxy groups -OCH3 is 1. The Hall–Kier alpha value is -3.84. The van der Waals surface area contributed by atoms with Crippen molar-refractivity contribution in [2.75, 3.05) is 13.7 Å². The van der Waals surface area contributed by atoms with Crippen LogP contribution >= 0.6 is 11.6 Å². The first-order valence-electron chi connectivity index (χ1n) is 9.73. The molecule has 7 nitrogen and oxygen atoms in total. The van der Waals surface area contributed by atoms with Gasteiger partial charge in [0.2, 0.25) is 0 Å². The van der Waals surface area contributed by atoms with Gasteiger partial charge in [0.05, 0.1) is 36.1 Å². The van der Waals surface area contributed by atoms with E-state index in [-0.39, 0.29) is 11.3 Å². The summed E-state index contributed by atoms with van der Waals surface area (Å²) in [5.41, 5.74) is 3.72. The van der Waals surface area contributed by atoms with Gasteiger partial charge in [-0.05, 0) is 55.0 Å². The lowest BCUT2D eigenvalue weighted by atomic mass is 10.2. The van der Waals surface area contributed by atoms with E-state index in [4.69, 9.17) is 25.8 Å². The van der Waals surface area contributed by atoms with Crippen LogP contribution in [0.2, 0.25) is 5.02 Å². The van der Waals surface area contributed by atoms with Gasteiger partial charge in [-0.15, -0.1) is 0 Å². The molecule has 164 valence electrons. The van der Waals surface area contributed by atoms with Gasteiger partial charge in [0, 0.05) is 0 Å². The smallest absolute Gasteiger partial charge is 0.345 e. The zero-order valence-corrected chi connectivity index (χ0v) is 18.3. The van der Waals surface area contributed by atoms with E-state index in [0.717, 1.165) is 0 Å². The first-order valence-corrected chi connectivity index (χ1v) is 10.1. The number of hydrazone groups is 1. The Bertz CT molecular complexity index is 1150. The largest absolute Gasteiger partial charge is 0.493 e. The van der Waals surface area contributed by atoms with Crippen LogP contribution in [0, 0.1) is 0 Å². The lowest BCUT2D eigenvalue weighted by Crippen LogP contribution is -2.18. The van der Waals surface area contributed by atoms with Crippen LogP contribution in [-0.4, -0.2) is 31.8 Å². The number of amides is 1. The van der Waals surface area contributed by atoms with Gasteiger partial charge in [-0.1, -0.05) is 35.9 Å². The summed E-state index contributed by atoms with van der Waals surface area (Å²) in [5.74, 6) is 0.0266. The Morgan fingerprint density at radius 3 is 2.41 bits per heavy atom. The van der Waals surface area contributed by atoms with Crippen molar-refractivity contribution in [3.63, 3.8) is 0 Å². The summed E-state index contributed by atoms with van der Waals surface area (Å²) in [7, 11) is 1.45. The van der Waals surface area contributed by atoms with Crippen molar-refractivity contribution in [1.82, 2.24) is 5.43 Å². The molecular formula is C24H21ClN2O5. The molecule has 0 fully saturated rings. The number of hydrogen-bond donors (Lipinski definition) is 1. The monoisotopic (exact) mass is 452 g/mol. The van der Waals surface area contributed by atoms with Gasteiger partial charge in [0.25, 0.3) is 5.91 Å². The topological polar surface area (TPSA) is 86.2 Å². The lowest BCUT2D eigenvalue weighted by Gasteiger charge is -2.10. The van der Waals surface area contributed by atoms with Gasteiger partial charge in [0.1, 0.15) is 5.75 Å². The van der Waals surface area contributed by atoms with E-state index < -0.39 is 11.9 Å². The van der Waals surface area contributed by atoms with Crippen LogP contribution in [0.25, 0.3) is 0 Å². The molecular weight excluding hydrogens is 432 g/mol. The Morgan fingerprint density at radius 2 is 1.69 bits per heavy atom. The number of rotatable bonds is 8. The molecule has 0 radical (unpaired) electrons. The maximum absolute atomic E-state index is 12.4. The van der Waals surface area contributed by atoms with Crippen molar-refractivity contribution in [2.24, 2.45) is 5.10 Å². The van der Waals surface area contributed by atoms with Crippen LogP contribution in [0.5, 0.6) is 17.2 Å². The molecule has 0 heterocycles. The number of nitrogens with zero attached hydrogens (tertiary/aromatic N) is 1. The molecule has 0 unspecified atom stereocenters. The molecule has 1 amide bonds. The predicted octanol–water partition coefficient (Wildman–Crippen LogP) is 4.73. The van der Waals surface area contributed by atoms with E-state index in [0.29, 0.717) is 34.3 Å². The van der Waals surface area contributed by atoms with Gasteiger partial charge >= 0.3 is 5.97 Å². The fraction of sp³-hybridized carbons (Fsp3) is 0.125. The molecule has 3 aromatic carbocycles. The number of ether oxygens (including phenoxy) is 3. The molecule has 3 rings (SSSR count). The molecule has 0 bridgehead atoms. The first kappa shape index (κ1) is 22.8. The van der Waals surface area contributed by atoms with Crippen LogP contribution in [0.3, 0.4) is 0 Å². The Labute approximate surface area is 190 Å². The molecule has 0 spiro atoms. The van der Waals surface area contributed by atoms with Crippen LogP contribution < -0.4 is 19.6 Å². The molecule has 0 saturated heterocycles. The van der Waals surface area contributed by atoms with Crippen molar-refractivity contribution < 1.29 is 23.8 Å². The van der Waals surface area contributed by atoms with Crippen molar-refractivity contribution >= 4 is 29.7 Å². The third-order valence-electron chi connectivity index (χ3n) is 4.30. The summed E-state index contributed by atoms with van der Waals surface area (Å²) < 4.78 is 16.2. The number of halogens is 1. The fourth-order valence-electron chi connectivity index (χ4n) is 2.79. The average Bonchev–Trinajstić information content (AvgIpc) is 2.80. The predicted molar refractivity (Wildman–Crippen MR) is 122 cm³/mol. The number of esters is 1. The molecule has 8 heteroatoms. The van der Waals surface area contributed by atoms with E-state index in [1.807, 2.05) is 6.92 Å².